The Morgan fingerprint density at radius 1 is 1.21 bits per heavy atom. The first-order chi connectivity index (χ1) is 13.7. The van der Waals surface area contributed by atoms with Gasteiger partial charge in [0, 0.05) is 48.8 Å². The van der Waals surface area contributed by atoms with E-state index in [2.05, 4.69) is 52.5 Å². The van der Waals surface area contributed by atoms with Gasteiger partial charge in [-0.05, 0) is 51.8 Å². The quantitative estimate of drug-likeness (QED) is 0.739. The zero-order valence-corrected chi connectivity index (χ0v) is 17.1. The summed E-state index contributed by atoms with van der Waals surface area (Å²) in [5.41, 5.74) is 4.74. The van der Waals surface area contributed by atoms with Crippen molar-refractivity contribution in [1.82, 2.24) is 24.6 Å². The van der Waals surface area contributed by atoms with Gasteiger partial charge >= 0.3 is 0 Å². The van der Waals surface area contributed by atoms with Crippen molar-refractivity contribution in [2.75, 3.05) is 24.5 Å². The summed E-state index contributed by atoms with van der Waals surface area (Å²) in [6, 6.07) is 5.23. The smallest absolute Gasteiger partial charge is 0.140 e. The molecule has 3 aromatic rings. The molecular formula is C22H30N6. The fourth-order valence-electron chi connectivity index (χ4n) is 5.02. The minimum Gasteiger partial charge on any atom is -0.347 e. The van der Waals surface area contributed by atoms with Gasteiger partial charge in [0.15, 0.2) is 0 Å². The van der Waals surface area contributed by atoms with Crippen LogP contribution in [0.1, 0.15) is 51.8 Å². The van der Waals surface area contributed by atoms with Gasteiger partial charge in [0.25, 0.3) is 0 Å². The van der Waals surface area contributed by atoms with E-state index in [1.807, 2.05) is 12.3 Å². The Bertz CT molecular complexity index is 976. The molecule has 0 saturated carbocycles. The highest BCUT2D eigenvalue weighted by Crippen LogP contribution is 2.41. The van der Waals surface area contributed by atoms with Crippen LogP contribution in [0.2, 0.25) is 0 Å². The molecule has 3 aromatic heterocycles. The first-order valence-corrected chi connectivity index (χ1v) is 10.7. The first kappa shape index (κ1) is 17.7. The molecule has 6 heteroatoms. The van der Waals surface area contributed by atoms with Crippen molar-refractivity contribution in [1.29, 1.82) is 0 Å². The third-order valence-electron chi connectivity index (χ3n) is 6.42. The van der Waals surface area contributed by atoms with Crippen molar-refractivity contribution in [3.05, 3.63) is 30.2 Å². The third-order valence-corrected chi connectivity index (χ3v) is 6.42. The summed E-state index contributed by atoms with van der Waals surface area (Å²) in [6.07, 6.45) is 7.77. The van der Waals surface area contributed by atoms with Gasteiger partial charge in [-0.25, -0.2) is 4.98 Å². The molecule has 2 aliphatic heterocycles. The molecule has 0 atom stereocenters. The maximum absolute atomic E-state index is 4.86. The molecule has 5 rings (SSSR count). The monoisotopic (exact) mass is 378 g/mol. The SMILES string of the molecule is CCCN1CCC(N2Cc3c(ccn3C(C)C)-c3n[nH]c4ccnc2c34)CC1. The summed E-state index contributed by atoms with van der Waals surface area (Å²) in [7, 11) is 0. The van der Waals surface area contributed by atoms with Crippen LogP contribution in [0.3, 0.4) is 0 Å². The van der Waals surface area contributed by atoms with Crippen molar-refractivity contribution < 1.29 is 0 Å². The first-order valence-electron chi connectivity index (χ1n) is 10.7. The predicted molar refractivity (Wildman–Crippen MR) is 114 cm³/mol. The second kappa shape index (κ2) is 6.92. The number of hydrogen-bond acceptors (Lipinski definition) is 4. The fraction of sp³-hybridized carbons (Fsp3) is 0.545. The van der Waals surface area contributed by atoms with Crippen molar-refractivity contribution in [3.8, 4) is 11.3 Å². The Hall–Kier alpha value is -2.34. The van der Waals surface area contributed by atoms with E-state index in [1.165, 1.54) is 55.5 Å². The Kier molecular flexibility index (Phi) is 4.38. The summed E-state index contributed by atoms with van der Waals surface area (Å²) >= 11 is 0. The second-order valence-corrected chi connectivity index (χ2v) is 8.51. The van der Waals surface area contributed by atoms with Crippen LogP contribution in [0.4, 0.5) is 5.82 Å². The molecule has 0 aliphatic carbocycles. The van der Waals surface area contributed by atoms with Crippen LogP contribution in [0.5, 0.6) is 0 Å². The summed E-state index contributed by atoms with van der Waals surface area (Å²) in [5.74, 6) is 1.10. The maximum atomic E-state index is 4.86. The number of rotatable bonds is 4. The van der Waals surface area contributed by atoms with Crippen molar-refractivity contribution in [2.24, 2.45) is 0 Å². The molecule has 1 N–H and O–H groups in total. The number of anilines is 1. The number of aromatic nitrogens is 4. The van der Waals surface area contributed by atoms with Crippen LogP contribution in [0, 0.1) is 0 Å². The van der Waals surface area contributed by atoms with Gasteiger partial charge < -0.3 is 14.4 Å². The molecule has 0 unspecified atom stereocenters. The van der Waals surface area contributed by atoms with E-state index in [0.717, 1.165) is 23.6 Å². The molecule has 0 bridgehead atoms. The van der Waals surface area contributed by atoms with Gasteiger partial charge in [0.1, 0.15) is 11.5 Å². The topological polar surface area (TPSA) is 53.0 Å². The van der Waals surface area contributed by atoms with Crippen LogP contribution in [0.15, 0.2) is 24.5 Å². The Labute approximate surface area is 166 Å². The van der Waals surface area contributed by atoms with Crippen molar-refractivity contribution in [2.45, 2.75) is 58.7 Å². The van der Waals surface area contributed by atoms with E-state index in [0.29, 0.717) is 12.1 Å². The molecule has 6 nitrogen and oxygen atoms in total. The molecule has 0 aromatic carbocycles. The highest BCUT2D eigenvalue weighted by Gasteiger charge is 2.32. The lowest BCUT2D eigenvalue weighted by Gasteiger charge is -2.39. The molecule has 0 radical (unpaired) electrons. The number of piperidine rings is 1. The Morgan fingerprint density at radius 3 is 2.79 bits per heavy atom. The van der Waals surface area contributed by atoms with E-state index < -0.39 is 0 Å². The molecule has 0 spiro atoms. The minimum absolute atomic E-state index is 0.431. The Balaban J connectivity index is 1.60. The van der Waals surface area contributed by atoms with Crippen LogP contribution in [0.25, 0.3) is 22.2 Å². The zero-order valence-electron chi connectivity index (χ0n) is 17.1. The summed E-state index contributed by atoms with van der Waals surface area (Å²) in [5, 5.41) is 9.12. The largest absolute Gasteiger partial charge is 0.347 e. The highest BCUT2D eigenvalue weighted by atomic mass is 15.3. The molecule has 28 heavy (non-hydrogen) atoms. The van der Waals surface area contributed by atoms with E-state index in [9.17, 15) is 0 Å². The average Bonchev–Trinajstić information content (AvgIpc) is 3.27. The van der Waals surface area contributed by atoms with Gasteiger partial charge in [-0.2, -0.15) is 5.10 Å². The molecule has 1 fully saturated rings. The number of nitrogens with zero attached hydrogens (tertiary/aromatic N) is 5. The van der Waals surface area contributed by atoms with Crippen LogP contribution in [-0.2, 0) is 6.54 Å². The minimum atomic E-state index is 0.431. The number of likely N-dealkylation sites (tertiary alicyclic amines) is 1. The van der Waals surface area contributed by atoms with Gasteiger partial charge in [-0.3, -0.25) is 5.10 Å². The van der Waals surface area contributed by atoms with Crippen LogP contribution in [-0.4, -0.2) is 50.3 Å². The number of nitrogens with one attached hydrogen (secondary N) is 1. The van der Waals surface area contributed by atoms with E-state index in [1.54, 1.807) is 0 Å². The molecule has 2 aliphatic rings. The lowest BCUT2D eigenvalue weighted by molar-refractivity contribution is 0.208. The molecular weight excluding hydrogens is 348 g/mol. The lowest BCUT2D eigenvalue weighted by Crippen LogP contribution is -2.45. The molecule has 0 amide bonds. The normalized spacial score (nSPS) is 18.1. The standard InChI is InChI=1S/C22H30N6/c1-4-10-26-11-6-16(7-12-26)28-14-19-17(8-13-27(19)15(2)3)21-20-18(24-25-21)5-9-23-22(20)28/h5,8-9,13,15-16H,4,6-7,10-12,14H2,1-3H3,(H,24,25). The van der Waals surface area contributed by atoms with Gasteiger partial charge in [0.2, 0.25) is 0 Å². The lowest BCUT2D eigenvalue weighted by atomic mass is 10.0. The molecule has 5 heterocycles. The van der Waals surface area contributed by atoms with Crippen LogP contribution >= 0.6 is 0 Å². The third kappa shape index (κ3) is 2.73. The predicted octanol–water partition coefficient (Wildman–Crippen LogP) is 4.20. The highest BCUT2D eigenvalue weighted by molar-refractivity contribution is 6.02. The van der Waals surface area contributed by atoms with Crippen LogP contribution < -0.4 is 4.90 Å². The average molecular weight is 379 g/mol. The summed E-state index contributed by atoms with van der Waals surface area (Å²) in [4.78, 5) is 10.0. The number of H-pyrrole nitrogens is 1. The van der Waals surface area contributed by atoms with E-state index >= 15 is 0 Å². The van der Waals surface area contributed by atoms with Crippen molar-refractivity contribution in [3.63, 3.8) is 0 Å². The second-order valence-electron chi connectivity index (χ2n) is 8.51. The fourth-order valence-corrected chi connectivity index (χ4v) is 5.02. The van der Waals surface area contributed by atoms with Gasteiger partial charge in [0.05, 0.1) is 17.4 Å². The summed E-state index contributed by atoms with van der Waals surface area (Å²) in [6.45, 7) is 11.3. The van der Waals surface area contributed by atoms with Gasteiger partial charge in [-0.15, -0.1) is 0 Å². The van der Waals surface area contributed by atoms with E-state index in [-0.39, 0.29) is 0 Å². The number of fused-ring (bicyclic) bond motifs is 2. The van der Waals surface area contributed by atoms with Gasteiger partial charge in [-0.1, -0.05) is 6.92 Å². The van der Waals surface area contributed by atoms with E-state index in [4.69, 9.17) is 10.1 Å². The van der Waals surface area contributed by atoms with Crippen molar-refractivity contribution >= 4 is 16.7 Å². The number of hydrogen-bond donors (Lipinski definition) is 1. The molecule has 1 saturated heterocycles. The zero-order chi connectivity index (χ0) is 19.3. The maximum Gasteiger partial charge on any atom is 0.140 e. The summed E-state index contributed by atoms with van der Waals surface area (Å²) < 4.78 is 2.40. The molecule has 148 valence electrons. The number of pyridine rings is 1. The number of aromatic amines is 1. The Morgan fingerprint density at radius 2 is 2.04 bits per heavy atom.